The molecule has 0 spiro atoms. The van der Waals surface area contributed by atoms with Gasteiger partial charge in [-0.15, -0.1) is 6.92 Å². The molecule has 0 saturated carbocycles. The van der Waals surface area contributed by atoms with Gasteiger partial charge in [-0.3, -0.25) is 0 Å². The molecule has 5 nitrogen and oxygen atoms in total. The van der Waals surface area contributed by atoms with Gasteiger partial charge in [0.05, 0.1) is 24.7 Å². The summed E-state index contributed by atoms with van der Waals surface area (Å²) in [6.07, 6.45) is -0.630. The van der Waals surface area contributed by atoms with Gasteiger partial charge in [-0.25, -0.2) is 0 Å². The second kappa shape index (κ2) is 5.98. The number of ether oxygens (including phenoxy) is 3. The van der Waals surface area contributed by atoms with Crippen LogP contribution in [-0.4, -0.2) is 25.1 Å². The van der Waals surface area contributed by atoms with Crippen molar-refractivity contribution in [3.63, 3.8) is 0 Å². The number of nitriles is 1. The Kier molecular flexibility index (Phi) is 5.55. The molecule has 5 atom stereocenters. The molecule has 15 heavy (non-hydrogen) atoms. The fraction of sp³-hybridized carbons (Fsp3) is 0.750. The summed E-state index contributed by atoms with van der Waals surface area (Å²) in [4.78, 5) is 0. The van der Waals surface area contributed by atoms with E-state index in [4.69, 9.17) is 24.0 Å². The number of hydrogen-bond acceptors (Lipinski definition) is 5. The molecule has 81 valence electrons. The predicted octanol–water partition coefficient (Wildman–Crippen LogP) is 0.580. The fourth-order valence-electron chi connectivity index (χ4n) is 1.68. The maximum atomic E-state index is 8.86. The van der Waals surface area contributed by atoms with Gasteiger partial charge in [0.25, 0.3) is 0 Å². The molecule has 2 saturated heterocycles. The van der Waals surface area contributed by atoms with E-state index in [-0.39, 0.29) is 50.8 Å². The van der Waals surface area contributed by atoms with Crippen molar-refractivity contribution in [1.82, 2.24) is 0 Å². The fourth-order valence-corrected chi connectivity index (χ4v) is 1.92. The van der Waals surface area contributed by atoms with Gasteiger partial charge >= 0.3 is 0 Å². The molecule has 0 aromatic carbocycles. The summed E-state index contributed by atoms with van der Waals surface area (Å²) >= 11 is 0. The average Bonchev–Trinajstić information content (AvgIpc) is 2.57. The van der Waals surface area contributed by atoms with Gasteiger partial charge in [-0.05, 0) is 0 Å². The molecule has 2 aliphatic heterocycles. The summed E-state index contributed by atoms with van der Waals surface area (Å²) in [5.74, 6) is -0.297. The normalized spacial score (nSPS) is 40.3. The minimum Gasteiger partial charge on any atom is -0.517 e. The third-order valence-corrected chi connectivity index (χ3v) is 2.60. The molecule has 2 fully saturated rings. The Bertz CT molecular complexity index is 262. The quantitative estimate of drug-likeness (QED) is 0.524. The van der Waals surface area contributed by atoms with Gasteiger partial charge in [0.1, 0.15) is 6.10 Å². The van der Waals surface area contributed by atoms with Crippen molar-refractivity contribution in [2.24, 2.45) is 5.92 Å². The first-order chi connectivity index (χ1) is 6.76. The molecule has 7 heteroatoms. The Morgan fingerprint density at radius 1 is 1.47 bits per heavy atom. The molecule has 2 aliphatic rings. The van der Waals surface area contributed by atoms with Crippen LogP contribution in [0.2, 0.25) is 0 Å². The number of nitrogens with zero attached hydrogens (tertiary/aromatic N) is 1. The van der Waals surface area contributed by atoms with Crippen LogP contribution in [0, 0.1) is 23.5 Å². The second-order valence-electron chi connectivity index (χ2n) is 3.23. The van der Waals surface area contributed by atoms with Crippen LogP contribution in [0.25, 0.3) is 0 Å². The Hall–Kier alpha value is 0.864. The molecule has 2 rings (SSSR count). The Morgan fingerprint density at radius 2 is 2.13 bits per heavy atom. The first-order valence-electron chi connectivity index (χ1n) is 4.30. The van der Waals surface area contributed by atoms with E-state index >= 15 is 0 Å². The van der Waals surface area contributed by atoms with E-state index in [9.17, 15) is 0 Å². The third-order valence-electron chi connectivity index (χ3n) is 2.33. The standard InChI is InChI=1S/C8H11NO4P.Y/c1-4-11-6-5(2-9)3-10-8(13-14)7(6)12-4;/h5-8H,3,14H2,1H3;/q-1;. The van der Waals surface area contributed by atoms with Crippen LogP contribution in [-0.2, 0) is 51.4 Å². The summed E-state index contributed by atoms with van der Waals surface area (Å²) in [5, 5.41) is 8.86. The summed E-state index contributed by atoms with van der Waals surface area (Å²) in [5.41, 5.74) is 0. The van der Waals surface area contributed by atoms with E-state index in [1.54, 1.807) is 6.92 Å². The molecule has 0 aromatic rings. The van der Waals surface area contributed by atoms with E-state index in [2.05, 4.69) is 15.5 Å². The monoisotopic (exact) mass is 305 g/mol. The van der Waals surface area contributed by atoms with Crippen molar-refractivity contribution in [3.05, 3.63) is 6.29 Å². The van der Waals surface area contributed by atoms with Crippen LogP contribution in [0.1, 0.15) is 6.92 Å². The zero-order chi connectivity index (χ0) is 10.1. The van der Waals surface area contributed by atoms with Crippen LogP contribution in [0.3, 0.4) is 0 Å². The second-order valence-corrected chi connectivity index (χ2v) is 3.50. The van der Waals surface area contributed by atoms with Gasteiger partial charge in [0.2, 0.25) is 0 Å². The van der Waals surface area contributed by atoms with Gasteiger partial charge in [-0.2, -0.15) is 5.26 Å². The van der Waals surface area contributed by atoms with E-state index in [0.29, 0.717) is 12.9 Å². The molecule has 0 aromatic heterocycles. The van der Waals surface area contributed by atoms with E-state index in [0.717, 1.165) is 0 Å². The van der Waals surface area contributed by atoms with Crippen molar-refractivity contribution < 1.29 is 51.4 Å². The topological polar surface area (TPSA) is 60.7 Å². The molecule has 5 unspecified atom stereocenters. The third kappa shape index (κ3) is 2.76. The number of fused-ring (bicyclic) bond motifs is 1. The molecule has 1 radical (unpaired) electrons. The van der Waals surface area contributed by atoms with Crippen molar-refractivity contribution in [3.8, 4) is 6.07 Å². The van der Waals surface area contributed by atoms with E-state index in [1.807, 2.05) is 0 Å². The Morgan fingerprint density at radius 3 is 2.73 bits per heavy atom. The largest absolute Gasteiger partial charge is 0.517 e. The van der Waals surface area contributed by atoms with Gasteiger partial charge in [-0.1, -0.05) is 6.29 Å². The van der Waals surface area contributed by atoms with Crippen LogP contribution in [0.5, 0.6) is 0 Å². The molecule has 2 heterocycles. The summed E-state index contributed by atoms with van der Waals surface area (Å²) < 4.78 is 21.1. The zero-order valence-corrected chi connectivity index (χ0v) is 12.2. The molecular weight excluding hydrogens is 294 g/mol. The Labute approximate surface area is 116 Å². The first kappa shape index (κ1) is 13.9. The van der Waals surface area contributed by atoms with Crippen LogP contribution < -0.4 is 0 Å². The number of hydrogen-bond donors (Lipinski definition) is 0. The van der Waals surface area contributed by atoms with Gasteiger partial charge in [0.15, 0.2) is 6.29 Å². The molecule has 0 bridgehead atoms. The maximum Gasteiger partial charge on any atom is 0.186 e. The van der Waals surface area contributed by atoms with Crippen LogP contribution in [0.15, 0.2) is 0 Å². The minimum absolute atomic E-state index is 0. The molecule has 0 N–H and O–H groups in total. The SMILES string of the molecule is C[C-]1OC2C(C#N)COC(OP)C2O1.[Y]. The molecular formula is C8H11NO4PY-. The zero-order valence-electron chi connectivity index (χ0n) is 8.25. The average molecular weight is 305 g/mol. The van der Waals surface area contributed by atoms with Crippen molar-refractivity contribution >= 4 is 9.47 Å². The predicted molar refractivity (Wildman–Crippen MR) is 48.3 cm³/mol. The van der Waals surface area contributed by atoms with Crippen LogP contribution in [0.4, 0.5) is 0 Å². The van der Waals surface area contributed by atoms with E-state index < -0.39 is 6.29 Å². The van der Waals surface area contributed by atoms with Crippen molar-refractivity contribution in [1.29, 1.82) is 5.26 Å². The maximum absolute atomic E-state index is 8.86. The van der Waals surface area contributed by atoms with Gasteiger partial charge < -0.3 is 18.7 Å². The summed E-state index contributed by atoms with van der Waals surface area (Å²) in [7, 11) is 2.13. The number of rotatable bonds is 1. The molecule has 0 aliphatic carbocycles. The van der Waals surface area contributed by atoms with Crippen molar-refractivity contribution in [2.45, 2.75) is 25.4 Å². The minimum atomic E-state index is -0.480. The van der Waals surface area contributed by atoms with Crippen LogP contribution >= 0.6 is 9.47 Å². The summed E-state index contributed by atoms with van der Waals surface area (Å²) in [6, 6.07) is 2.13. The van der Waals surface area contributed by atoms with Crippen molar-refractivity contribution in [2.75, 3.05) is 6.61 Å². The summed E-state index contributed by atoms with van der Waals surface area (Å²) in [6.45, 7) is 2.03. The Balaban J connectivity index is 0.00000112. The smallest absolute Gasteiger partial charge is 0.186 e. The van der Waals surface area contributed by atoms with Gasteiger partial charge in [0, 0.05) is 42.2 Å². The van der Waals surface area contributed by atoms with E-state index in [1.165, 1.54) is 0 Å². The first-order valence-corrected chi connectivity index (χ1v) is 4.77. The molecule has 0 amide bonds.